The molecule has 0 heterocycles. The van der Waals surface area contributed by atoms with E-state index in [1.165, 1.54) is 0 Å². The fourth-order valence-corrected chi connectivity index (χ4v) is 4.55. The maximum atomic E-state index is 12.1. The zero-order valence-corrected chi connectivity index (χ0v) is 17.3. The van der Waals surface area contributed by atoms with Gasteiger partial charge in [0.05, 0.1) is 0 Å². The van der Waals surface area contributed by atoms with Crippen molar-refractivity contribution in [2.45, 2.75) is 12.1 Å². The lowest BCUT2D eigenvalue weighted by Gasteiger charge is -2.16. The smallest absolute Gasteiger partial charge is 0.327 e. The summed E-state index contributed by atoms with van der Waals surface area (Å²) in [6.07, 6.45) is 0. The summed E-state index contributed by atoms with van der Waals surface area (Å²) in [6, 6.07) is 14.2. The van der Waals surface area contributed by atoms with E-state index in [0.717, 1.165) is 21.6 Å². The van der Waals surface area contributed by atoms with E-state index >= 15 is 0 Å². The Balaban J connectivity index is 1.83. The van der Waals surface area contributed by atoms with E-state index in [0.29, 0.717) is 11.1 Å². The normalized spacial score (nSPS) is 12.4. The Labute approximate surface area is 180 Å². The lowest BCUT2D eigenvalue weighted by atomic mass is 10.2. The molecule has 2 rings (SSSR count). The van der Waals surface area contributed by atoms with Gasteiger partial charge in [-0.3, -0.25) is 9.59 Å². The summed E-state index contributed by atoms with van der Waals surface area (Å²) in [7, 11) is 2.20. The van der Waals surface area contributed by atoms with Crippen molar-refractivity contribution in [3.8, 4) is 0 Å². The monoisotopic (exact) mass is 448 g/mol. The Morgan fingerprint density at radius 1 is 0.667 bits per heavy atom. The summed E-state index contributed by atoms with van der Waals surface area (Å²) in [5, 5.41) is 23.5. The van der Waals surface area contributed by atoms with Crippen molar-refractivity contribution in [2.24, 2.45) is 0 Å². The van der Waals surface area contributed by atoms with Crippen LogP contribution in [0.2, 0.25) is 0 Å². The Kier molecular flexibility index (Phi) is 9.23. The average molecular weight is 449 g/mol. The number of rotatable bonds is 11. The van der Waals surface area contributed by atoms with Gasteiger partial charge < -0.3 is 20.8 Å². The molecule has 0 saturated heterocycles. The zero-order valence-electron chi connectivity index (χ0n) is 15.7. The molecule has 2 aromatic carbocycles. The molecular formula is C20H20N2O6S2. The molecule has 2 amide bonds. The van der Waals surface area contributed by atoms with E-state index in [-0.39, 0.29) is 11.5 Å². The van der Waals surface area contributed by atoms with Crippen molar-refractivity contribution in [1.82, 2.24) is 10.6 Å². The highest BCUT2D eigenvalue weighted by molar-refractivity contribution is 8.76. The molecule has 0 spiro atoms. The molecule has 0 aliphatic carbocycles. The second-order valence-electron chi connectivity index (χ2n) is 6.03. The second-order valence-corrected chi connectivity index (χ2v) is 8.58. The van der Waals surface area contributed by atoms with Crippen molar-refractivity contribution in [3.05, 3.63) is 71.8 Å². The summed E-state index contributed by atoms with van der Waals surface area (Å²) < 4.78 is 0. The summed E-state index contributed by atoms with van der Waals surface area (Å²) in [5.74, 6) is -3.35. The fraction of sp³-hybridized carbons (Fsp3) is 0.200. The van der Waals surface area contributed by atoms with Crippen LogP contribution in [0.5, 0.6) is 0 Å². The molecule has 0 fully saturated rings. The number of amides is 2. The predicted octanol–water partition coefficient (Wildman–Crippen LogP) is 2.13. The van der Waals surface area contributed by atoms with Gasteiger partial charge in [0.1, 0.15) is 12.1 Å². The van der Waals surface area contributed by atoms with Crippen LogP contribution in [0.3, 0.4) is 0 Å². The molecule has 10 heteroatoms. The largest absolute Gasteiger partial charge is 0.480 e. The predicted molar refractivity (Wildman–Crippen MR) is 116 cm³/mol. The fourth-order valence-electron chi connectivity index (χ4n) is 2.24. The minimum absolute atomic E-state index is 0.0253. The van der Waals surface area contributed by atoms with E-state index in [1.807, 2.05) is 0 Å². The van der Waals surface area contributed by atoms with Gasteiger partial charge in [0.2, 0.25) is 0 Å². The number of aliphatic carboxylic acids is 2. The number of nitrogens with one attached hydrogen (secondary N) is 2. The number of benzene rings is 2. The first kappa shape index (κ1) is 23.3. The van der Waals surface area contributed by atoms with Crippen LogP contribution >= 0.6 is 21.6 Å². The third-order valence-electron chi connectivity index (χ3n) is 3.83. The molecule has 0 saturated carbocycles. The minimum Gasteiger partial charge on any atom is -0.480 e. The summed E-state index contributed by atoms with van der Waals surface area (Å²) in [6.45, 7) is 0. The van der Waals surface area contributed by atoms with E-state index in [4.69, 9.17) is 0 Å². The first-order valence-corrected chi connectivity index (χ1v) is 11.3. The van der Waals surface area contributed by atoms with Gasteiger partial charge in [0.25, 0.3) is 11.8 Å². The van der Waals surface area contributed by atoms with Gasteiger partial charge >= 0.3 is 11.9 Å². The van der Waals surface area contributed by atoms with E-state index in [1.54, 1.807) is 60.7 Å². The molecule has 8 nitrogen and oxygen atoms in total. The molecule has 0 unspecified atom stereocenters. The molecule has 0 aromatic heterocycles. The molecule has 30 heavy (non-hydrogen) atoms. The van der Waals surface area contributed by atoms with Gasteiger partial charge in [0.15, 0.2) is 0 Å². The molecule has 2 atom stereocenters. The van der Waals surface area contributed by atoms with E-state index in [9.17, 15) is 29.4 Å². The van der Waals surface area contributed by atoms with Crippen LogP contribution in [0.15, 0.2) is 60.7 Å². The lowest BCUT2D eigenvalue weighted by Crippen LogP contribution is -2.43. The van der Waals surface area contributed by atoms with E-state index in [2.05, 4.69) is 10.6 Å². The van der Waals surface area contributed by atoms with Gasteiger partial charge in [-0.25, -0.2) is 9.59 Å². The zero-order chi connectivity index (χ0) is 21.9. The summed E-state index contributed by atoms with van der Waals surface area (Å²) in [4.78, 5) is 47.1. The average Bonchev–Trinajstić information content (AvgIpc) is 2.75. The molecule has 0 bridgehead atoms. The summed E-state index contributed by atoms with van der Waals surface area (Å²) in [5.41, 5.74) is 0.687. The number of carbonyl (C=O) groups excluding carboxylic acids is 2. The van der Waals surface area contributed by atoms with Gasteiger partial charge in [-0.05, 0) is 24.3 Å². The van der Waals surface area contributed by atoms with Gasteiger partial charge in [-0.1, -0.05) is 58.0 Å². The molecular weight excluding hydrogens is 428 g/mol. The maximum absolute atomic E-state index is 12.1. The maximum Gasteiger partial charge on any atom is 0.327 e. The lowest BCUT2D eigenvalue weighted by molar-refractivity contribution is -0.139. The highest BCUT2D eigenvalue weighted by Gasteiger charge is 2.23. The molecule has 2 aromatic rings. The highest BCUT2D eigenvalue weighted by Crippen LogP contribution is 2.23. The molecule has 4 N–H and O–H groups in total. The first-order chi connectivity index (χ1) is 14.4. The van der Waals surface area contributed by atoms with Gasteiger partial charge in [-0.2, -0.15) is 0 Å². The van der Waals surface area contributed by atoms with E-state index < -0.39 is 35.8 Å². The molecule has 0 aliphatic heterocycles. The van der Waals surface area contributed by atoms with Gasteiger partial charge in [-0.15, -0.1) is 0 Å². The van der Waals surface area contributed by atoms with Crippen molar-refractivity contribution in [1.29, 1.82) is 0 Å². The van der Waals surface area contributed by atoms with Crippen molar-refractivity contribution >= 4 is 45.3 Å². The van der Waals surface area contributed by atoms with Crippen LogP contribution < -0.4 is 10.6 Å². The number of carbonyl (C=O) groups is 4. The number of carboxylic acids is 2. The van der Waals surface area contributed by atoms with Crippen molar-refractivity contribution in [3.63, 3.8) is 0 Å². The Morgan fingerprint density at radius 2 is 1.00 bits per heavy atom. The molecule has 0 aliphatic rings. The minimum atomic E-state index is -1.19. The van der Waals surface area contributed by atoms with Crippen LogP contribution in [-0.4, -0.2) is 57.6 Å². The second kappa shape index (κ2) is 11.9. The topological polar surface area (TPSA) is 133 Å². The van der Waals surface area contributed by atoms with Gasteiger partial charge in [0, 0.05) is 22.6 Å². The first-order valence-electron chi connectivity index (χ1n) is 8.80. The summed E-state index contributed by atoms with van der Waals surface area (Å²) >= 11 is 0. The van der Waals surface area contributed by atoms with Crippen LogP contribution in [0, 0.1) is 0 Å². The quantitative estimate of drug-likeness (QED) is 0.304. The number of hydrogen-bond donors (Lipinski definition) is 4. The van der Waals surface area contributed by atoms with Crippen molar-refractivity contribution in [2.75, 3.05) is 11.5 Å². The van der Waals surface area contributed by atoms with Crippen LogP contribution in [0.4, 0.5) is 0 Å². The molecule has 0 radical (unpaired) electrons. The standard InChI is InChI=1S/C20H20N2O6S2/c23-17(13-7-3-1-4-8-13)21-15(19(25)26)11-29-30-12-16(20(27)28)22-18(24)14-9-5-2-6-10-14/h1-10,15-16H,11-12H2,(H,21,23)(H,22,24)(H,25,26)(H,27,28)/t15-,16+. The third-order valence-corrected chi connectivity index (χ3v) is 6.25. The van der Waals surface area contributed by atoms with Crippen LogP contribution in [-0.2, 0) is 9.59 Å². The van der Waals surface area contributed by atoms with Crippen LogP contribution in [0.25, 0.3) is 0 Å². The Morgan fingerprint density at radius 3 is 1.30 bits per heavy atom. The number of carboxylic acid groups (broad SMARTS) is 2. The SMILES string of the molecule is O=C(N[C@@H](CSSC[C@@H](NC(=O)c1ccccc1)C(=O)O)C(=O)O)c1ccccc1. The Bertz CT molecular complexity index is 806. The van der Waals surface area contributed by atoms with Crippen LogP contribution in [0.1, 0.15) is 20.7 Å². The highest BCUT2D eigenvalue weighted by atomic mass is 33.1. The Hall–Kier alpha value is -2.98. The number of hydrogen-bond acceptors (Lipinski definition) is 6. The van der Waals surface area contributed by atoms with Crippen molar-refractivity contribution < 1.29 is 29.4 Å². The third kappa shape index (κ3) is 7.45. The molecule has 158 valence electrons.